The SMILES string of the molecule is CNC(=O)c1c(-c2ccccc2)c(C(C)Nc2ncnc(N)c2C#N)nc2c(F)cccc12. The normalized spacial score (nSPS) is 11.6. The van der Waals surface area contributed by atoms with E-state index < -0.39 is 11.9 Å². The minimum Gasteiger partial charge on any atom is -0.382 e. The first-order chi connectivity index (χ1) is 16.0. The van der Waals surface area contributed by atoms with Crippen LogP contribution in [0.4, 0.5) is 16.0 Å². The minimum atomic E-state index is -0.575. The average molecular weight is 441 g/mol. The van der Waals surface area contributed by atoms with Gasteiger partial charge in [-0.2, -0.15) is 5.26 Å². The first kappa shape index (κ1) is 21.6. The lowest BCUT2D eigenvalue weighted by Gasteiger charge is -2.22. The number of anilines is 2. The molecular weight excluding hydrogens is 421 g/mol. The summed E-state index contributed by atoms with van der Waals surface area (Å²) in [5.41, 5.74) is 7.98. The number of nitrogens with zero attached hydrogens (tertiary/aromatic N) is 4. The summed E-state index contributed by atoms with van der Waals surface area (Å²) in [5.74, 6) is -0.665. The van der Waals surface area contributed by atoms with E-state index in [0.717, 1.165) is 5.56 Å². The van der Waals surface area contributed by atoms with E-state index in [1.807, 2.05) is 36.4 Å². The van der Waals surface area contributed by atoms with Crippen LogP contribution >= 0.6 is 0 Å². The highest BCUT2D eigenvalue weighted by Crippen LogP contribution is 2.37. The summed E-state index contributed by atoms with van der Waals surface area (Å²) in [6.07, 6.45) is 1.24. The minimum absolute atomic E-state index is 0.0362. The molecule has 0 saturated heterocycles. The number of nitrogens with two attached hydrogens (primary N) is 1. The Balaban J connectivity index is 2.01. The average Bonchev–Trinajstić information content (AvgIpc) is 2.83. The van der Waals surface area contributed by atoms with Crippen molar-refractivity contribution in [3.8, 4) is 17.2 Å². The van der Waals surface area contributed by atoms with Crippen molar-refractivity contribution < 1.29 is 9.18 Å². The Morgan fingerprint density at radius 3 is 2.61 bits per heavy atom. The number of nitrogens with one attached hydrogen (secondary N) is 2. The van der Waals surface area contributed by atoms with Gasteiger partial charge in [-0.05, 0) is 18.6 Å². The molecule has 0 spiro atoms. The molecule has 0 aliphatic heterocycles. The highest BCUT2D eigenvalue weighted by molar-refractivity contribution is 6.12. The topological polar surface area (TPSA) is 130 Å². The number of hydrogen-bond donors (Lipinski definition) is 3. The summed E-state index contributed by atoms with van der Waals surface area (Å²) < 4.78 is 14.8. The molecule has 0 aliphatic carbocycles. The molecule has 1 atom stereocenters. The van der Waals surface area contributed by atoms with Gasteiger partial charge in [0.1, 0.15) is 40.9 Å². The van der Waals surface area contributed by atoms with Crippen molar-refractivity contribution in [2.24, 2.45) is 0 Å². The summed E-state index contributed by atoms with van der Waals surface area (Å²) in [6, 6.07) is 15.2. The summed E-state index contributed by atoms with van der Waals surface area (Å²) in [6.45, 7) is 1.79. The maximum absolute atomic E-state index is 14.8. The van der Waals surface area contributed by atoms with Gasteiger partial charge in [-0.3, -0.25) is 4.79 Å². The second-order valence-electron chi connectivity index (χ2n) is 7.29. The zero-order valence-electron chi connectivity index (χ0n) is 17.9. The van der Waals surface area contributed by atoms with Gasteiger partial charge in [-0.25, -0.2) is 19.3 Å². The van der Waals surface area contributed by atoms with Crippen LogP contribution in [0.3, 0.4) is 0 Å². The lowest BCUT2D eigenvalue weighted by atomic mass is 9.91. The number of nitriles is 1. The van der Waals surface area contributed by atoms with E-state index in [2.05, 4.69) is 25.6 Å². The van der Waals surface area contributed by atoms with Gasteiger partial charge >= 0.3 is 0 Å². The Morgan fingerprint density at radius 1 is 1.15 bits per heavy atom. The maximum atomic E-state index is 14.8. The van der Waals surface area contributed by atoms with Crippen LogP contribution in [0.15, 0.2) is 54.9 Å². The van der Waals surface area contributed by atoms with Crippen molar-refractivity contribution in [1.82, 2.24) is 20.3 Å². The molecule has 1 unspecified atom stereocenters. The molecule has 1 amide bonds. The number of nitrogen functional groups attached to an aromatic ring is 1. The lowest BCUT2D eigenvalue weighted by molar-refractivity contribution is 0.0965. The van der Waals surface area contributed by atoms with Gasteiger partial charge < -0.3 is 16.4 Å². The Kier molecular flexibility index (Phi) is 5.83. The van der Waals surface area contributed by atoms with E-state index in [-0.39, 0.29) is 28.6 Å². The summed E-state index contributed by atoms with van der Waals surface area (Å²) >= 11 is 0. The number of rotatable bonds is 5. The number of amides is 1. The largest absolute Gasteiger partial charge is 0.382 e. The fourth-order valence-electron chi connectivity index (χ4n) is 3.73. The molecule has 164 valence electrons. The smallest absolute Gasteiger partial charge is 0.252 e. The van der Waals surface area contributed by atoms with E-state index in [4.69, 9.17) is 5.73 Å². The molecule has 2 aromatic heterocycles. The van der Waals surface area contributed by atoms with Gasteiger partial charge in [0, 0.05) is 18.0 Å². The zero-order chi connectivity index (χ0) is 23.5. The van der Waals surface area contributed by atoms with Crippen LogP contribution in [0, 0.1) is 17.1 Å². The van der Waals surface area contributed by atoms with E-state index in [0.29, 0.717) is 22.2 Å². The van der Waals surface area contributed by atoms with Gasteiger partial charge in [-0.15, -0.1) is 0 Å². The van der Waals surface area contributed by atoms with Gasteiger partial charge in [0.2, 0.25) is 0 Å². The Labute approximate surface area is 189 Å². The fraction of sp³-hybridized carbons (Fsp3) is 0.125. The van der Waals surface area contributed by atoms with Crippen LogP contribution in [-0.4, -0.2) is 27.9 Å². The number of carbonyl (C=O) groups excluding carboxylic acids is 1. The Morgan fingerprint density at radius 2 is 1.91 bits per heavy atom. The van der Waals surface area contributed by atoms with Crippen LogP contribution in [0.1, 0.15) is 34.6 Å². The molecule has 0 radical (unpaired) electrons. The molecule has 33 heavy (non-hydrogen) atoms. The van der Waals surface area contributed by atoms with Crippen LogP contribution in [0.25, 0.3) is 22.0 Å². The predicted molar refractivity (Wildman–Crippen MR) is 124 cm³/mol. The summed E-state index contributed by atoms with van der Waals surface area (Å²) in [7, 11) is 1.52. The highest BCUT2D eigenvalue weighted by Gasteiger charge is 2.26. The van der Waals surface area contributed by atoms with E-state index >= 15 is 0 Å². The molecule has 0 bridgehead atoms. The van der Waals surface area contributed by atoms with E-state index in [9.17, 15) is 14.4 Å². The first-order valence-electron chi connectivity index (χ1n) is 10.1. The number of fused-ring (bicyclic) bond motifs is 1. The Hall–Kier alpha value is -4.58. The van der Waals surface area contributed by atoms with Crippen molar-refractivity contribution in [3.05, 3.63) is 77.5 Å². The number of halogens is 1. The highest BCUT2D eigenvalue weighted by atomic mass is 19.1. The van der Waals surface area contributed by atoms with Crippen molar-refractivity contribution in [3.63, 3.8) is 0 Å². The second kappa shape index (κ2) is 8.88. The predicted octanol–water partition coefficient (Wildman–Crippen LogP) is 3.82. The van der Waals surface area contributed by atoms with Gasteiger partial charge in [0.15, 0.2) is 0 Å². The van der Waals surface area contributed by atoms with Crippen molar-refractivity contribution in [1.29, 1.82) is 5.26 Å². The number of pyridine rings is 1. The van der Waals surface area contributed by atoms with E-state index in [1.54, 1.807) is 19.1 Å². The molecule has 0 fully saturated rings. The molecule has 4 rings (SSSR count). The number of para-hydroxylation sites is 1. The van der Waals surface area contributed by atoms with E-state index in [1.165, 1.54) is 19.4 Å². The molecule has 2 heterocycles. The van der Waals surface area contributed by atoms with Crippen LogP contribution < -0.4 is 16.4 Å². The maximum Gasteiger partial charge on any atom is 0.252 e. The first-order valence-corrected chi connectivity index (χ1v) is 10.1. The van der Waals surface area contributed by atoms with Crippen molar-refractivity contribution >= 4 is 28.4 Å². The molecule has 4 aromatic rings. The summed E-state index contributed by atoms with van der Waals surface area (Å²) in [4.78, 5) is 25.6. The zero-order valence-corrected chi connectivity index (χ0v) is 17.9. The molecule has 4 N–H and O–H groups in total. The number of carbonyl (C=O) groups is 1. The molecule has 2 aromatic carbocycles. The molecule has 0 saturated carbocycles. The van der Waals surface area contributed by atoms with Gasteiger partial charge in [0.25, 0.3) is 5.91 Å². The summed E-state index contributed by atoms with van der Waals surface area (Å²) in [5, 5.41) is 15.7. The monoisotopic (exact) mass is 441 g/mol. The molecule has 0 aliphatic rings. The lowest BCUT2D eigenvalue weighted by Crippen LogP contribution is -2.22. The van der Waals surface area contributed by atoms with Gasteiger partial charge in [-0.1, -0.05) is 42.5 Å². The number of benzene rings is 2. The van der Waals surface area contributed by atoms with Crippen molar-refractivity contribution in [2.45, 2.75) is 13.0 Å². The number of hydrogen-bond acceptors (Lipinski definition) is 7. The van der Waals surface area contributed by atoms with Gasteiger partial charge in [0.05, 0.1) is 17.3 Å². The number of aromatic nitrogens is 3. The third-order valence-electron chi connectivity index (χ3n) is 5.26. The molecule has 8 nitrogen and oxygen atoms in total. The van der Waals surface area contributed by atoms with Crippen LogP contribution in [0.5, 0.6) is 0 Å². The van der Waals surface area contributed by atoms with Crippen molar-refractivity contribution in [2.75, 3.05) is 18.1 Å². The van der Waals surface area contributed by atoms with Crippen LogP contribution in [0.2, 0.25) is 0 Å². The Bertz CT molecular complexity index is 1400. The fourth-order valence-corrected chi connectivity index (χ4v) is 3.73. The standard InChI is InChI=1S/C24H20FN7O/c1-13(31-23-16(11-26)22(27)29-12-30-23)20-18(14-7-4-3-5-8-14)19(24(33)28-2)15-9-6-10-17(25)21(15)32-20/h3-10,12-13H,1-2H3,(H,28,33)(H3,27,29,30,31). The molecular formula is C24H20FN7O. The second-order valence-corrected chi connectivity index (χ2v) is 7.29. The quantitative estimate of drug-likeness (QED) is 0.429. The molecule has 9 heteroatoms. The third-order valence-corrected chi connectivity index (χ3v) is 5.26. The third kappa shape index (κ3) is 3.90. The van der Waals surface area contributed by atoms with Crippen LogP contribution in [-0.2, 0) is 0 Å².